The summed E-state index contributed by atoms with van der Waals surface area (Å²) >= 11 is 12.2. The SMILES string of the molecule is O=C1CCC(N2Cc3cc(CNC(=O)c4ccc(Cl)cc4)c(Cl)cc3C2=O)C(=O)N1. The number of hydrogen-bond acceptors (Lipinski definition) is 4. The highest BCUT2D eigenvalue weighted by Gasteiger charge is 2.39. The van der Waals surface area contributed by atoms with Gasteiger partial charge in [0.05, 0.1) is 0 Å². The predicted octanol–water partition coefficient (Wildman–Crippen LogP) is 2.68. The summed E-state index contributed by atoms with van der Waals surface area (Å²) in [7, 11) is 0. The fourth-order valence-corrected chi connectivity index (χ4v) is 4.01. The van der Waals surface area contributed by atoms with Gasteiger partial charge in [0.1, 0.15) is 6.04 Å². The van der Waals surface area contributed by atoms with Crippen molar-refractivity contribution in [3.8, 4) is 0 Å². The monoisotopic (exact) mass is 445 g/mol. The van der Waals surface area contributed by atoms with Crippen LogP contribution in [-0.2, 0) is 22.7 Å². The summed E-state index contributed by atoms with van der Waals surface area (Å²) in [4.78, 5) is 50.1. The van der Waals surface area contributed by atoms with Gasteiger partial charge < -0.3 is 10.2 Å². The van der Waals surface area contributed by atoms with Gasteiger partial charge in [-0.2, -0.15) is 0 Å². The summed E-state index contributed by atoms with van der Waals surface area (Å²) in [6.07, 6.45) is 0.488. The summed E-state index contributed by atoms with van der Waals surface area (Å²) in [5.74, 6) is -1.36. The Morgan fingerprint density at radius 2 is 1.87 bits per heavy atom. The molecule has 0 radical (unpaired) electrons. The zero-order valence-corrected chi connectivity index (χ0v) is 17.2. The quantitative estimate of drug-likeness (QED) is 0.707. The standard InChI is InChI=1S/C21H17Cl2N3O4/c22-14-3-1-11(2-4-14)19(28)24-9-12-7-13-10-26(21(30)15(13)8-16(12)23)17-5-6-18(27)25-20(17)29/h1-4,7-8,17H,5-6,9-10H2,(H,24,28)(H,25,27,29). The van der Waals surface area contributed by atoms with Crippen LogP contribution in [0, 0.1) is 0 Å². The Bertz CT molecular complexity index is 1070. The van der Waals surface area contributed by atoms with Gasteiger partial charge in [-0.1, -0.05) is 23.2 Å². The third kappa shape index (κ3) is 3.91. The van der Waals surface area contributed by atoms with Crippen molar-refractivity contribution in [2.75, 3.05) is 0 Å². The molecule has 154 valence electrons. The minimum atomic E-state index is -0.686. The van der Waals surface area contributed by atoms with Crippen molar-refractivity contribution in [3.63, 3.8) is 0 Å². The molecule has 1 fully saturated rings. The second-order valence-electron chi connectivity index (χ2n) is 7.19. The lowest BCUT2D eigenvalue weighted by molar-refractivity contribution is -0.136. The topological polar surface area (TPSA) is 95.6 Å². The highest BCUT2D eigenvalue weighted by Crippen LogP contribution is 2.31. The van der Waals surface area contributed by atoms with Gasteiger partial charge in [-0.15, -0.1) is 0 Å². The fraction of sp³-hybridized carbons (Fsp3) is 0.238. The largest absolute Gasteiger partial charge is 0.348 e. The molecule has 1 atom stereocenters. The molecule has 2 aliphatic heterocycles. The van der Waals surface area contributed by atoms with Gasteiger partial charge in [-0.25, -0.2) is 0 Å². The lowest BCUT2D eigenvalue weighted by Gasteiger charge is -2.29. The number of amides is 4. The van der Waals surface area contributed by atoms with Crippen molar-refractivity contribution in [2.45, 2.75) is 32.0 Å². The van der Waals surface area contributed by atoms with Crippen LogP contribution in [0.25, 0.3) is 0 Å². The Kier molecular flexibility index (Phi) is 5.49. The molecule has 0 aromatic heterocycles. The number of nitrogens with one attached hydrogen (secondary N) is 2. The molecule has 4 amide bonds. The lowest BCUT2D eigenvalue weighted by atomic mass is 10.0. The molecule has 0 spiro atoms. The minimum Gasteiger partial charge on any atom is -0.348 e. The Balaban J connectivity index is 1.48. The molecule has 30 heavy (non-hydrogen) atoms. The molecule has 2 heterocycles. The van der Waals surface area contributed by atoms with E-state index in [4.69, 9.17) is 23.2 Å². The molecule has 2 N–H and O–H groups in total. The van der Waals surface area contributed by atoms with E-state index in [0.717, 1.165) is 5.56 Å². The molecule has 2 aromatic rings. The van der Waals surface area contributed by atoms with E-state index in [1.807, 2.05) is 0 Å². The van der Waals surface area contributed by atoms with E-state index in [1.165, 1.54) is 4.90 Å². The molecule has 1 saturated heterocycles. The molecule has 1 unspecified atom stereocenters. The predicted molar refractivity (Wildman–Crippen MR) is 110 cm³/mol. The molecule has 0 saturated carbocycles. The number of halogens is 2. The van der Waals surface area contributed by atoms with Gasteiger partial charge in [0.2, 0.25) is 11.8 Å². The molecule has 0 bridgehead atoms. The summed E-state index contributed by atoms with van der Waals surface area (Å²) in [5, 5.41) is 5.96. The summed E-state index contributed by atoms with van der Waals surface area (Å²) in [6, 6.07) is 9.16. The Morgan fingerprint density at radius 1 is 1.13 bits per heavy atom. The van der Waals surface area contributed by atoms with E-state index in [9.17, 15) is 19.2 Å². The Hall–Kier alpha value is -2.90. The lowest BCUT2D eigenvalue weighted by Crippen LogP contribution is -2.52. The summed E-state index contributed by atoms with van der Waals surface area (Å²) in [6.45, 7) is 0.427. The van der Waals surface area contributed by atoms with Gasteiger partial charge >= 0.3 is 0 Å². The number of fused-ring (bicyclic) bond motifs is 1. The van der Waals surface area contributed by atoms with E-state index < -0.39 is 11.9 Å². The first-order chi connectivity index (χ1) is 14.3. The van der Waals surface area contributed by atoms with Gasteiger partial charge in [0.15, 0.2) is 0 Å². The van der Waals surface area contributed by atoms with E-state index in [0.29, 0.717) is 33.2 Å². The third-order valence-electron chi connectivity index (χ3n) is 5.24. The molecule has 2 aliphatic rings. The summed E-state index contributed by atoms with van der Waals surface area (Å²) < 4.78 is 0. The van der Waals surface area contributed by atoms with E-state index in [-0.39, 0.29) is 37.2 Å². The highest BCUT2D eigenvalue weighted by atomic mass is 35.5. The van der Waals surface area contributed by atoms with Crippen molar-refractivity contribution in [2.24, 2.45) is 0 Å². The van der Waals surface area contributed by atoms with Crippen LogP contribution in [0.15, 0.2) is 36.4 Å². The highest BCUT2D eigenvalue weighted by molar-refractivity contribution is 6.32. The molecule has 2 aromatic carbocycles. The first kappa shape index (κ1) is 20.4. The number of nitrogens with zero attached hydrogens (tertiary/aromatic N) is 1. The number of carbonyl (C=O) groups is 4. The maximum atomic E-state index is 12.8. The van der Waals surface area contributed by atoms with Gasteiger partial charge in [-0.05, 0) is 53.9 Å². The van der Waals surface area contributed by atoms with E-state index in [2.05, 4.69) is 10.6 Å². The van der Waals surface area contributed by atoms with E-state index in [1.54, 1.807) is 36.4 Å². The average molecular weight is 446 g/mol. The molecule has 0 aliphatic carbocycles. The molecule has 9 heteroatoms. The van der Waals surface area contributed by atoms with Crippen LogP contribution >= 0.6 is 23.2 Å². The van der Waals surface area contributed by atoms with Gasteiger partial charge in [0.25, 0.3) is 11.8 Å². The number of carbonyl (C=O) groups excluding carboxylic acids is 4. The van der Waals surface area contributed by atoms with Crippen LogP contribution in [0.4, 0.5) is 0 Å². The molecule has 4 rings (SSSR count). The van der Waals surface area contributed by atoms with Crippen LogP contribution < -0.4 is 10.6 Å². The first-order valence-corrected chi connectivity index (χ1v) is 10.1. The smallest absolute Gasteiger partial charge is 0.255 e. The van der Waals surface area contributed by atoms with Crippen LogP contribution in [0.1, 0.15) is 44.7 Å². The minimum absolute atomic E-state index is 0.181. The Labute approximate surface area is 182 Å². The zero-order valence-electron chi connectivity index (χ0n) is 15.7. The normalized spacial score (nSPS) is 18.3. The fourth-order valence-electron chi connectivity index (χ4n) is 3.65. The number of hydrogen-bond donors (Lipinski definition) is 2. The number of piperidine rings is 1. The van der Waals surface area contributed by atoms with Crippen molar-refractivity contribution in [1.82, 2.24) is 15.5 Å². The second kappa shape index (κ2) is 8.08. The Morgan fingerprint density at radius 3 is 2.57 bits per heavy atom. The van der Waals surface area contributed by atoms with Crippen LogP contribution in [-0.4, -0.2) is 34.6 Å². The zero-order chi connectivity index (χ0) is 21.4. The van der Waals surface area contributed by atoms with Crippen molar-refractivity contribution >= 4 is 46.8 Å². The molecule has 7 nitrogen and oxygen atoms in total. The van der Waals surface area contributed by atoms with Crippen LogP contribution in [0.2, 0.25) is 10.0 Å². The van der Waals surface area contributed by atoms with Gasteiger partial charge in [0, 0.05) is 40.7 Å². The molecular weight excluding hydrogens is 429 g/mol. The van der Waals surface area contributed by atoms with E-state index >= 15 is 0 Å². The summed E-state index contributed by atoms with van der Waals surface area (Å²) in [5.41, 5.74) is 2.29. The number of imide groups is 1. The van der Waals surface area contributed by atoms with Crippen molar-refractivity contribution < 1.29 is 19.2 Å². The van der Waals surface area contributed by atoms with Crippen LogP contribution in [0.5, 0.6) is 0 Å². The number of rotatable bonds is 4. The van der Waals surface area contributed by atoms with Crippen molar-refractivity contribution in [1.29, 1.82) is 0 Å². The third-order valence-corrected chi connectivity index (χ3v) is 5.84. The first-order valence-electron chi connectivity index (χ1n) is 9.33. The molecular formula is C21H17Cl2N3O4. The van der Waals surface area contributed by atoms with Gasteiger partial charge in [-0.3, -0.25) is 24.5 Å². The number of benzene rings is 2. The second-order valence-corrected chi connectivity index (χ2v) is 8.03. The maximum absolute atomic E-state index is 12.8. The average Bonchev–Trinajstić information content (AvgIpc) is 3.02. The van der Waals surface area contributed by atoms with Crippen molar-refractivity contribution in [3.05, 3.63) is 68.7 Å². The maximum Gasteiger partial charge on any atom is 0.255 e. The van der Waals surface area contributed by atoms with Crippen LogP contribution in [0.3, 0.4) is 0 Å².